The Kier molecular flexibility index (Phi) is 9.50. The van der Waals surface area contributed by atoms with Crippen molar-refractivity contribution in [2.24, 2.45) is 4.99 Å². The molecule has 0 atom stereocenters. The van der Waals surface area contributed by atoms with E-state index >= 15 is 0 Å². The zero-order valence-corrected chi connectivity index (χ0v) is 23.2. The largest absolute Gasteiger partial charge is 0.508 e. The topological polar surface area (TPSA) is 54.3 Å². The number of amidine groups is 1. The minimum atomic E-state index is -4.63. The molecule has 0 saturated heterocycles. The molecule has 0 aromatic heterocycles. The lowest BCUT2D eigenvalue weighted by Gasteiger charge is -2.27. The van der Waals surface area contributed by atoms with Gasteiger partial charge in [0, 0.05) is 18.0 Å². The highest BCUT2D eigenvalue weighted by molar-refractivity contribution is 8.13. The lowest BCUT2D eigenvalue weighted by molar-refractivity contribution is -0.137. The fourth-order valence-corrected chi connectivity index (χ4v) is 5.01. The second-order valence-electron chi connectivity index (χ2n) is 8.71. The average Bonchev–Trinajstić information content (AvgIpc) is 2.94. The molecule has 0 aliphatic heterocycles. The molecule has 1 N–H and O–H groups in total. The maximum Gasteiger partial charge on any atom is 0.417 e. The van der Waals surface area contributed by atoms with Crippen LogP contribution < -0.4 is 9.47 Å². The maximum atomic E-state index is 13.6. The third kappa shape index (κ3) is 7.86. The summed E-state index contributed by atoms with van der Waals surface area (Å²) in [6.07, 6.45) is -4.63. The lowest BCUT2D eigenvalue weighted by Crippen LogP contribution is -2.28. The van der Waals surface area contributed by atoms with Crippen LogP contribution in [0.4, 0.5) is 18.9 Å². The summed E-state index contributed by atoms with van der Waals surface area (Å²) in [6.45, 7) is 0.723. The van der Waals surface area contributed by atoms with Crippen molar-refractivity contribution in [3.8, 4) is 17.2 Å². The van der Waals surface area contributed by atoms with Gasteiger partial charge in [-0.1, -0.05) is 53.7 Å². The number of nitrogens with zero attached hydrogens (tertiary/aromatic N) is 2. The van der Waals surface area contributed by atoms with E-state index in [0.29, 0.717) is 29.8 Å². The van der Waals surface area contributed by atoms with Gasteiger partial charge in [-0.15, -0.1) is 0 Å². The quantitative estimate of drug-likeness (QED) is 0.127. The van der Waals surface area contributed by atoms with Gasteiger partial charge in [0.2, 0.25) is 0 Å². The fourth-order valence-electron chi connectivity index (χ4n) is 3.84. The van der Waals surface area contributed by atoms with Crippen molar-refractivity contribution in [3.63, 3.8) is 0 Å². The van der Waals surface area contributed by atoms with Crippen LogP contribution in [-0.2, 0) is 19.3 Å². The SMILES string of the molecule is COc1cccc(CN(Cc2ccc(O)cc2)C(=Nc2ccc(Cl)c(C(F)(F)F)c2)Sc2cccc(OC)c2)c1. The van der Waals surface area contributed by atoms with E-state index in [1.54, 1.807) is 44.6 Å². The van der Waals surface area contributed by atoms with Crippen LogP contribution in [0.3, 0.4) is 0 Å². The second kappa shape index (κ2) is 13.0. The van der Waals surface area contributed by atoms with E-state index < -0.39 is 16.8 Å². The van der Waals surface area contributed by atoms with Crippen molar-refractivity contribution < 1.29 is 27.8 Å². The molecule has 0 fully saturated rings. The molecule has 4 aromatic rings. The number of ether oxygens (including phenoxy) is 2. The van der Waals surface area contributed by atoms with Crippen LogP contribution >= 0.6 is 23.4 Å². The summed E-state index contributed by atoms with van der Waals surface area (Å²) >= 11 is 7.16. The Morgan fingerprint density at radius 2 is 1.50 bits per heavy atom. The summed E-state index contributed by atoms with van der Waals surface area (Å²) in [7, 11) is 3.14. The van der Waals surface area contributed by atoms with Crippen LogP contribution in [0.1, 0.15) is 16.7 Å². The van der Waals surface area contributed by atoms with Crippen LogP contribution in [0.5, 0.6) is 17.2 Å². The molecule has 0 heterocycles. The molecule has 40 heavy (non-hydrogen) atoms. The Morgan fingerprint density at radius 3 is 2.17 bits per heavy atom. The van der Waals surface area contributed by atoms with E-state index in [2.05, 4.69) is 0 Å². The standard InChI is InChI=1S/C30H26ClF3N2O3S/c1-38-24-6-3-5-21(15-24)19-36(18-20-9-12-23(37)13-10-20)29(40-26-8-4-7-25(17-26)39-2)35-22-11-14-28(31)27(16-22)30(32,33)34/h3-17,37H,18-19H2,1-2H3. The normalized spacial score (nSPS) is 11.8. The predicted octanol–water partition coefficient (Wildman–Crippen LogP) is 8.56. The van der Waals surface area contributed by atoms with Gasteiger partial charge in [-0.05, 0) is 71.8 Å². The number of aliphatic imine (C=N–C) groups is 1. The molecule has 0 saturated carbocycles. The van der Waals surface area contributed by atoms with Crippen LogP contribution in [0.25, 0.3) is 0 Å². The van der Waals surface area contributed by atoms with Crippen LogP contribution in [-0.4, -0.2) is 29.4 Å². The first-order valence-corrected chi connectivity index (χ1v) is 13.3. The molecule has 208 valence electrons. The molecule has 0 bridgehead atoms. The monoisotopic (exact) mass is 586 g/mol. The van der Waals surface area contributed by atoms with E-state index in [0.717, 1.165) is 22.1 Å². The molecule has 0 aliphatic rings. The number of phenolic OH excluding ortho intramolecular Hbond substituents is 1. The number of hydrogen-bond donors (Lipinski definition) is 1. The lowest BCUT2D eigenvalue weighted by atomic mass is 10.1. The predicted molar refractivity (Wildman–Crippen MR) is 153 cm³/mol. The van der Waals surface area contributed by atoms with Crippen LogP contribution in [0.2, 0.25) is 5.02 Å². The van der Waals surface area contributed by atoms with Gasteiger partial charge >= 0.3 is 6.18 Å². The number of hydrogen-bond acceptors (Lipinski definition) is 5. The molecule has 0 spiro atoms. The minimum absolute atomic E-state index is 0.100. The molecule has 0 aliphatic carbocycles. The van der Waals surface area contributed by atoms with Crippen molar-refractivity contribution in [3.05, 3.63) is 113 Å². The summed E-state index contributed by atoms with van der Waals surface area (Å²) in [5, 5.41) is 9.82. The number of halogens is 4. The Balaban J connectivity index is 1.83. The smallest absolute Gasteiger partial charge is 0.417 e. The van der Waals surface area contributed by atoms with Crippen molar-refractivity contribution in [2.45, 2.75) is 24.2 Å². The van der Waals surface area contributed by atoms with Gasteiger partial charge in [-0.2, -0.15) is 13.2 Å². The third-order valence-electron chi connectivity index (χ3n) is 5.82. The minimum Gasteiger partial charge on any atom is -0.508 e. The highest BCUT2D eigenvalue weighted by Crippen LogP contribution is 2.38. The van der Waals surface area contributed by atoms with Crippen molar-refractivity contribution in [1.29, 1.82) is 0 Å². The first-order chi connectivity index (χ1) is 19.1. The zero-order valence-electron chi connectivity index (χ0n) is 21.7. The summed E-state index contributed by atoms with van der Waals surface area (Å²) in [4.78, 5) is 7.44. The molecule has 10 heteroatoms. The molecular weight excluding hydrogens is 561 g/mol. The Morgan fingerprint density at radius 1 is 0.850 bits per heavy atom. The van der Waals surface area contributed by atoms with E-state index in [-0.39, 0.29) is 11.4 Å². The van der Waals surface area contributed by atoms with E-state index in [1.807, 2.05) is 47.4 Å². The number of rotatable bonds is 8. The molecule has 4 aromatic carbocycles. The van der Waals surface area contributed by atoms with Gasteiger partial charge < -0.3 is 19.5 Å². The number of aromatic hydroxyl groups is 1. The summed E-state index contributed by atoms with van der Waals surface area (Å²) in [6, 6.07) is 25.2. The number of methoxy groups -OCH3 is 2. The van der Waals surface area contributed by atoms with Crippen molar-refractivity contribution in [2.75, 3.05) is 14.2 Å². The highest BCUT2D eigenvalue weighted by atomic mass is 35.5. The molecular formula is C30H26ClF3N2O3S. The van der Waals surface area contributed by atoms with E-state index in [4.69, 9.17) is 26.1 Å². The molecule has 0 amide bonds. The van der Waals surface area contributed by atoms with Gasteiger partial charge in [-0.25, -0.2) is 4.99 Å². The molecule has 0 radical (unpaired) electrons. The Labute approximate surface area is 239 Å². The summed E-state index contributed by atoms with van der Waals surface area (Å²) in [5.41, 5.74) is 0.915. The zero-order chi connectivity index (χ0) is 28.7. The fraction of sp³-hybridized carbons (Fsp3) is 0.167. The van der Waals surface area contributed by atoms with Crippen molar-refractivity contribution in [1.82, 2.24) is 4.90 Å². The number of phenols is 1. The van der Waals surface area contributed by atoms with Gasteiger partial charge in [0.15, 0.2) is 5.17 Å². The van der Waals surface area contributed by atoms with Crippen molar-refractivity contribution >= 4 is 34.2 Å². The Bertz CT molecular complexity index is 1480. The van der Waals surface area contributed by atoms with Gasteiger partial charge in [-0.3, -0.25) is 0 Å². The average molecular weight is 587 g/mol. The molecule has 4 rings (SSSR count). The second-order valence-corrected chi connectivity index (χ2v) is 10.2. The molecule has 0 unspecified atom stereocenters. The van der Waals surface area contributed by atoms with Crippen LogP contribution in [0.15, 0.2) is 101 Å². The van der Waals surface area contributed by atoms with Gasteiger partial charge in [0.1, 0.15) is 17.2 Å². The van der Waals surface area contributed by atoms with Crippen LogP contribution in [0, 0.1) is 0 Å². The molecule has 5 nitrogen and oxygen atoms in total. The van der Waals surface area contributed by atoms with Gasteiger partial charge in [0.25, 0.3) is 0 Å². The van der Waals surface area contributed by atoms with E-state index in [1.165, 1.54) is 23.9 Å². The number of benzene rings is 4. The number of thioether (sulfide) groups is 1. The summed E-state index contributed by atoms with van der Waals surface area (Å²) in [5.74, 6) is 1.44. The first-order valence-electron chi connectivity index (χ1n) is 12.1. The Hall–Kier alpha value is -3.82. The number of alkyl halides is 3. The van der Waals surface area contributed by atoms with Gasteiger partial charge in [0.05, 0.1) is 30.5 Å². The maximum absolute atomic E-state index is 13.6. The first kappa shape index (κ1) is 29.2. The van der Waals surface area contributed by atoms with E-state index in [9.17, 15) is 18.3 Å². The summed E-state index contributed by atoms with van der Waals surface area (Å²) < 4.78 is 51.7. The third-order valence-corrected chi connectivity index (χ3v) is 7.17. The highest BCUT2D eigenvalue weighted by Gasteiger charge is 2.33.